The molecule has 0 aromatic heterocycles. The first-order valence-corrected chi connectivity index (χ1v) is 12.4. The van der Waals surface area contributed by atoms with E-state index in [4.69, 9.17) is 14.2 Å². The second-order valence-corrected chi connectivity index (χ2v) is 9.99. The van der Waals surface area contributed by atoms with Gasteiger partial charge in [0, 0.05) is 0 Å². The average molecular weight is 515 g/mol. The maximum atomic E-state index is 14.3. The van der Waals surface area contributed by atoms with Crippen LogP contribution in [0.4, 0.5) is 20.2 Å². The Balaban J connectivity index is 2.07. The zero-order valence-corrected chi connectivity index (χ0v) is 19.8. The number of para-hydroxylation sites is 2. The lowest BCUT2D eigenvalue weighted by atomic mass is 10.3. The van der Waals surface area contributed by atoms with Crippen LogP contribution in [0.2, 0.25) is 0 Å². The molecular formula is C21H20F2N2O7S2. The molecule has 0 aliphatic rings. The van der Waals surface area contributed by atoms with E-state index in [9.17, 15) is 25.6 Å². The number of hydrogen-bond donors (Lipinski definition) is 2. The van der Waals surface area contributed by atoms with Gasteiger partial charge in [0.25, 0.3) is 20.0 Å². The fourth-order valence-corrected chi connectivity index (χ4v) is 5.42. The van der Waals surface area contributed by atoms with Gasteiger partial charge in [0.1, 0.15) is 33.5 Å². The zero-order chi connectivity index (χ0) is 25.1. The molecule has 34 heavy (non-hydrogen) atoms. The molecule has 0 fully saturated rings. The first-order valence-electron chi connectivity index (χ1n) is 9.42. The van der Waals surface area contributed by atoms with Gasteiger partial charge in [-0.05, 0) is 42.5 Å². The van der Waals surface area contributed by atoms with Gasteiger partial charge >= 0.3 is 0 Å². The fraction of sp³-hybridized carbons (Fsp3) is 0.143. The number of hydrogen-bond acceptors (Lipinski definition) is 7. The van der Waals surface area contributed by atoms with Gasteiger partial charge < -0.3 is 14.2 Å². The van der Waals surface area contributed by atoms with Crippen molar-refractivity contribution in [1.82, 2.24) is 0 Å². The SMILES string of the molecule is COc1ccc(S(=O)(=O)Nc2c(F)cccc2OC)cc1S(=O)(=O)Nc1c(F)cccc1OC. The van der Waals surface area contributed by atoms with Crippen LogP contribution in [0.25, 0.3) is 0 Å². The minimum absolute atomic E-state index is 0.0850. The molecule has 3 aromatic rings. The minimum atomic E-state index is -4.57. The van der Waals surface area contributed by atoms with Crippen molar-refractivity contribution in [2.45, 2.75) is 9.79 Å². The maximum Gasteiger partial charge on any atom is 0.265 e. The monoisotopic (exact) mass is 514 g/mol. The highest BCUT2D eigenvalue weighted by Gasteiger charge is 2.27. The smallest absolute Gasteiger partial charge is 0.265 e. The fourth-order valence-electron chi connectivity index (χ4n) is 2.96. The molecule has 2 N–H and O–H groups in total. The summed E-state index contributed by atoms with van der Waals surface area (Å²) in [5.41, 5.74) is -0.936. The van der Waals surface area contributed by atoms with Gasteiger partial charge in [-0.3, -0.25) is 9.44 Å². The van der Waals surface area contributed by atoms with E-state index in [0.29, 0.717) is 0 Å². The molecule has 0 saturated heterocycles. The standard InChI is InChI=1S/C21H20F2N2O7S2/c1-30-16-11-10-13(33(26,27)24-20-14(22)6-4-8-17(20)31-2)12-19(16)34(28,29)25-21-15(23)7-5-9-18(21)32-3/h4-12,24-25H,1-3H3. The average Bonchev–Trinajstić information content (AvgIpc) is 2.81. The maximum absolute atomic E-state index is 14.3. The van der Waals surface area contributed by atoms with Crippen molar-refractivity contribution in [2.24, 2.45) is 0 Å². The van der Waals surface area contributed by atoms with Crippen LogP contribution < -0.4 is 23.7 Å². The van der Waals surface area contributed by atoms with Crippen molar-refractivity contribution in [3.8, 4) is 17.2 Å². The lowest BCUT2D eigenvalue weighted by Crippen LogP contribution is -2.18. The molecule has 182 valence electrons. The van der Waals surface area contributed by atoms with E-state index in [-0.39, 0.29) is 17.2 Å². The molecule has 13 heteroatoms. The Labute approximate surface area is 195 Å². The molecule has 0 spiro atoms. The number of anilines is 2. The Morgan fingerprint density at radius 2 is 1.12 bits per heavy atom. The van der Waals surface area contributed by atoms with Crippen LogP contribution in [-0.2, 0) is 20.0 Å². The number of halogens is 2. The van der Waals surface area contributed by atoms with E-state index in [2.05, 4.69) is 4.72 Å². The highest BCUT2D eigenvalue weighted by molar-refractivity contribution is 7.93. The molecule has 0 saturated carbocycles. The van der Waals surface area contributed by atoms with E-state index in [1.165, 1.54) is 45.6 Å². The molecule has 0 heterocycles. The van der Waals surface area contributed by atoms with Crippen LogP contribution in [0.15, 0.2) is 64.4 Å². The third kappa shape index (κ3) is 4.99. The number of sulfonamides is 2. The molecule has 0 amide bonds. The Morgan fingerprint density at radius 3 is 1.59 bits per heavy atom. The summed E-state index contributed by atoms with van der Waals surface area (Å²) in [4.78, 5) is -1.14. The summed E-state index contributed by atoms with van der Waals surface area (Å²) in [7, 11) is -5.43. The van der Waals surface area contributed by atoms with E-state index < -0.39 is 52.8 Å². The molecule has 0 bridgehead atoms. The van der Waals surface area contributed by atoms with Crippen LogP contribution >= 0.6 is 0 Å². The third-order valence-electron chi connectivity index (χ3n) is 4.60. The zero-order valence-electron chi connectivity index (χ0n) is 18.1. The molecule has 0 radical (unpaired) electrons. The summed E-state index contributed by atoms with van der Waals surface area (Å²) >= 11 is 0. The molecule has 3 rings (SSSR count). The van der Waals surface area contributed by atoms with Crippen LogP contribution in [0.1, 0.15) is 0 Å². The second-order valence-electron chi connectivity index (χ2n) is 6.66. The highest BCUT2D eigenvalue weighted by atomic mass is 32.2. The predicted molar refractivity (Wildman–Crippen MR) is 121 cm³/mol. The highest BCUT2D eigenvalue weighted by Crippen LogP contribution is 2.34. The van der Waals surface area contributed by atoms with Crippen molar-refractivity contribution >= 4 is 31.4 Å². The predicted octanol–water partition coefficient (Wildman–Crippen LogP) is 3.59. The van der Waals surface area contributed by atoms with Crippen molar-refractivity contribution < 1.29 is 39.8 Å². The van der Waals surface area contributed by atoms with Gasteiger partial charge in [-0.25, -0.2) is 25.6 Å². The van der Waals surface area contributed by atoms with Crippen molar-refractivity contribution in [2.75, 3.05) is 30.8 Å². The summed E-state index contributed by atoms with van der Waals surface area (Å²) in [6, 6.07) is 10.3. The quantitative estimate of drug-likeness (QED) is 0.448. The summed E-state index contributed by atoms with van der Waals surface area (Å²) in [6.07, 6.45) is 0. The summed E-state index contributed by atoms with van der Waals surface area (Å²) in [6.45, 7) is 0. The molecule has 0 atom stereocenters. The van der Waals surface area contributed by atoms with Gasteiger partial charge in [0.05, 0.1) is 26.2 Å². The Morgan fingerprint density at radius 1 is 0.647 bits per heavy atom. The first kappa shape index (κ1) is 25.1. The normalized spacial score (nSPS) is 11.6. The largest absolute Gasteiger partial charge is 0.495 e. The van der Waals surface area contributed by atoms with Gasteiger partial charge in [-0.15, -0.1) is 0 Å². The lowest BCUT2D eigenvalue weighted by molar-refractivity contribution is 0.402. The number of methoxy groups -OCH3 is 3. The number of ether oxygens (including phenoxy) is 3. The third-order valence-corrected chi connectivity index (χ3v) is 7.32. The summed E-state index contributed by atoms with van der Waals surface area (Å²) in [5, 5.41) is 0. The van der Waals surface area contributed by atoms with Crippen LogP contribution in [0.3, 0.4) is 0 Å². The Bertz CT molecular complexity index is 1430. The Hall–Kier alpha value is -3.58. The topological polar surface area (TPSA) is 120 Å². The van der Waals surface area contributed by atoms with Crippen molar-refractivity contribution in [1.29, 1.82) is 0 Å². The lowest BCUT2D eigenvalue weighted by Gasteiger charge is -2.16. The number of nitrogens with one attached hydrogen (secondary N) is 2. The van der Waals surface area contributed by atoms with Gasteiger partial charge in [0.2, 0.25) is 0 Å². The van der Waals surface area contributed by atoms with E-state index >= 15 is 0 Å². The first-order chi connectivity index (χ1) is 16.0. The van der Waals surface area contributed by atoms with Crippen LogP contribution in [0.5, 0.6) is 17.2 Å². The summed E-state index contributed by atoms with van der Waals surface area (Å²) < 4.78 is 99.7. The van der Waals surface area contributed by atoms with Gasteiger partial charge in [0.15, 0.2) is 11.6 Å². The van der Waals surface area contributed by atoms with Crippen LogP contribution in [-0.4, -0.2) is 38.2 Å². The van der Waals surface area contributed by atoms with E-state index in [0.717, 1.165) is 30.3 Å². The molecular weight excluding hydrogens is 494 g/mol. The Kier molecular flexibility index (Phi) is 7.17. The van der Waals surface area contributed by atoms with E-state index in [1.54, 1.807) is 0 Å². The van der Waals surface area contributed by atoms with Gasteiger partial charge in [-0.2, -0.15) is 0 Å². The molecule has 9 nitrogen and oxygen atoms in total. The molecule has 3 aromatic carbocycles. The summed E-state index contributed by atoms with van der Waals surface area (Å²) in [5.74, 6) is -2.22. The number of benzene rings is 3. The van der Waals surface area contributed by atoms with Crippen molar-refractivity contribution in [3.05, 3.63) is 66.2 Å². The minimum Gasteiger partial charge on any atom is -0.495 e. The van der Waals surface area contributed by atoms with E-state index in [1.807, 2.05) is 4.72 Å². The van der Waals surface area contributed by atoms with Crippen molar-refractivity contribution in [3.63, 3.8) is 0 Å². The van der Waals surface area contributed by atoms with Gasteiger partial charge in [-0.1, -0.05) is 12.1 Å². The van der Waals surface area contributed by atoms with Crippen LogP contribution in [0, 0.1) is 11.6 Å². The molecule has 0 unspecified atom stereocenters. The molecule has 0 aliphatic carbocycles. The second kappa shape index (κ2) is 9.73. The number of rotatable bonds is 9. The molecule has 0 aliphatic heterocycles.